The fourth-order valence-electron chi connectivity index (χ4n) is 5.68. The van der Waals surface area contributed by atoms with Crippen LogP contribution in [0.2, 0.25) is 0 Å². The Morgan fingerprint density at radius 2 is 1.45 bits per heavy atom. The van der Waals surface area contributed by atoms with Gasteiger partial charge in [-0.15, -0.1) is 0 Å². The number of benzene rings is 4. The summed E-state index contributed by atoms with van der Waals surface area (Å²) in [5, 5.41) is 1.11. The molecule has 6 aromatic rings. The minimum Gasteiger partial charge on any atom is -0.464 e. The maximum absolute atomic E-state index is 6.08. The quantitative estimate of drug-likeness (QED) is 0.219. The molecular formula is C35H34N2O. The molecule has 0 saturated heterocycles. The summed E-state index contributed by atoms with van der Waals surface area (Å²) in [5.74, 6) is 1.84. The van der Waals surface area contributed by atoms with Gasteiger partial charge in [-0.3, -0.25) is 0 Å². The van der Waals surface area contributed by atoms with Crippen LogP contribution in [0.15, 0.2) is 102 Å². The van der Waals surface area contributed by atoms with Crippen LogP contribution in [0, 0.1) is 0 Å². The van der Waals surface area contributed by atoms with Gasteiger partial charge in [-0.1, -0.05) is 94.4 Å². The SMILES string of the molecule is CC(C)c1cccc(C(C)C)c1Cn1c(-c2coc3ccc(Cc4ccccc4)cc23)nc2ccccc21. The average Bonchev–Trinajstić information content (AvgIpc) is 3.50. The maximum Gasteiger partial charge on any atom is 0.145 e. The van der Waals surface area contributed by atoms with E-state index in [4.69, 9.17) is 9.40 Å². The summed E-state index contributed by atoms with van der Waals surface area (Å²) in [6, 6.07) is 32.4. The lowest BCUT2D eigenvalue weighted by Gasteiger charge is -2.21. The van der Waals surface area contributed by atoms with Gasteiger partial charge in [0.2, 0.25) is 0 Å². The standard InChI is InChI=1S/C35H34N2O/c1-23(2)27-13-10-14-28(24(3)4)30(27)21-37-33-16-9-8-15-32(33)36-35(37)31-22-38-34-18-17-26(20-29(31)34)19-25-11-6-5-7-12-25/h5-18,20,22-24H,19,21H2,1-4H3. The Kier molecular flexibility index (Phi) is 6.37. The van der Waals surface area contributed by atoms with Crippen molar-refractivity contribution in [1.29, 1.82) is 0 Å². The first-order valence-electron chi connectivity index (χ1n) is 13.6. The average molecular weight is 499 g/mol. The maximum atomic E-state index is 6.08. The molecule has 0 amide bonds. The first-order valence-corrected chi connectivity index (χ1v) is 13.6. The number of fused-ring (bicyclic) bond motifs is 2. The molecule has 3 nitrogen and oxygen atoms in total. The molecule has 0 fully saturated rings. The zero-order valence-electron chi connectivity index (χ0n) is 22.6. The van der Waals surface area contributed by atoms with Crippen molar-refractivity contribution in [2.24, 2.45) is 0 Å². The lowest BCUT2D eigenvalue weighted by atomic mass is 9.88. The highest BCUT2D eigenvalue weighted by Gasteiger charge is 2.21. The summed E-state index contributed by atoms with van der Waals surface area (Å²) >= 11 is 0. The van der Waals surface area contributed by atoms with Gasteiger partial charge in [0.1, 0.15) is 17.7 Å². The van der Waals surface area contributed by atoms with Crippen molar-refractivity contribution in [1.82, 2.24) is 9.55 Å². The van der Waals surface area contributed by atoms with Crippen LogP contribution < -0.4 is 0 Å². The molecule has 2 heterocycles. The summed E-state index contributed by atoms with van der Waals surface area (Å²) < 4.78 is 8.47. The van der Waals surface area contributed by atoms with E-state index in [2.05, 4.69) is 123 Å². The molecule has 2 aromatic heterocycles. The minimum atomic E-state index is 0.442. The zero-order chi connectivity index (χ0) is 26.2. The van der Waals surface area contributed by atoms with Crippen molar-refractivity contribution in [2.45, 2.75) is 52.5 Å². The second-order valence-electron chi connectivity index (χ2n) is 10.9. The lowest BCUT2D eigenvalue weighted by molar-refractivity contribution is 0.616. The Morgan fingerprint density at radius 3 is 2.18 bits per heavy atom. The smallest absolute Gasteiger partial charge is 0.145 e. The number of furan rings is 1. The molecule has 190 valence electrons. The van der Waals surface area contributed by atoms with Crippen molar-refractivity contribution in [3.63, 3.8) is 0 Å². The van der Waals surface area contributed by atoms with Gasteiger partial charge in [-0.05, 0) is 70.3 Å². The third kappa shape index (κ3) is 4.43. The van der Waals surface area contributed by atoms with Gasteiger partial charge in [0, 0.05) is 5.39 Å². The normalized spacial score (nSPS) is 11.8. The van der Waals surface area contributed by atoms with Crippen LogP contribution in [-0.2, 0) is 13.0 Å². The molecule has 0 unspecified atom stereocenters. The summed E-state index contributed by atoms with van der Waals surface area (Å²) in [4.78, 5) is 5.17. The second kappa shape index (κ2) is 9.98. The number of hydrogen-bond acceptors (Lipinski definition) is 2. The molecule has 38 heavy (non-hydrogen) atoms. The number of rotatable bonds is 7. The highest BCUT2D eigenvalue weighted by molar-refractivity contribution is 5.95. The van der Waals surface area contributed by atoms with Crippen LogP contribution in [0.4, 0.5) is 0 Å². The molecule has 0 radical (unpaired) electrons. The summed E-state index contributed by atoms with van der Waals surface area (Å²) in [5.41, 5.74) is 10.9. The van der Waals surface area contributed by atoms with Gasteiger partial charge in [0.05, 0.1) is 23.1 Å². The van der Waals surface area contributed by atoms with Crippen LogP contribution in [0.1, 0.15) is 67.3 Å². The number of imidazole rings is 1. The first kappa shape index (κ1) is 24.2. The lowest BCUT2D eigenvalue weighted by Crippen LogP contribution is -2.10. The van der Waals surface area contributed by atoms with E-state index in [0.717, 1.165) is 46.4 Å². The molecule has 4 aromatic carbocycles. The van der Waals surface area contributed by atoms with E-state index in [9.17, 15) is 0 Å². The Labute approximate surface area is 224 Å². The van der Waals surface area contributed by atoms with Crippen molar-refractivity contribution >= 4 is 22.0 Å². The number of aromatic nitrogens is 2. The van der Waals surface area contributed by atoms with Gasteiger partial charge < -0.3 is 8.98 Å². The fourth-order valence-corrected chi connectivity index (χ4v) is 5.68. The molecule has 3 heteroatoms. The monoisotopic (exact) mass is 498 g/mol. The molecule has 6 rings (SSSR count). The van der Waals surface area contributed by atoms with E-state index in [-0.39, 0.29) is 0 Å². The van der Waals surface area contributed by atoms with Crippen LogP contribution in [0.5, 0.6) is 0 Å². The minimum absolute atomic E-state index is 0.442. The van der Waals surface area contributed by atoms with E-state index in [0.29, 0.717) is 11.8 Å². The molecule has 0 aliphatic rings. The topological polar surface area (TPSA) is 31.0 Å². The van der Waals surface area contributed by atoms with E-state index >= 15 is 0 Å². The van der Waals surface area contributed by atoms with Crippen molar-refractivity contribution < 1.29 is 4.42 Å². The molecule has 0 spiro atoms. The fraction of sp³-hybridized carbons (Fsp3) is 0.229. The summed E-state index contributed by atoms with van der Waals surface area (Å²) in [7, 11) is 0. The summed E-state index contributed by atoms with van der Waals surface area (Å²) in [6.07, 6.45) is 2.77. The zero-order valence-corrected chi connectivity index (χ0v) is 22.6. The highest BCUT2D eigenvalue weighted by Crippen LogP contribution is 2.36. The summed E-state index contributed by atoms with van der Waals surface area (Å²) in [6.45, 7) is 9.91. The van der Waals surface area contributed by atoms with Gasteiger partial charge in [-0.2, -0.15) is 0 Å². The Bertz CT molecular complexity index is 1690. The Balaban J connectivity index is 1.52. The molecule has 0 N–H and O–H groups in total. The van der Waals surface area contributed by atoms with Crippen LogP contribution in [0.3, 0.4) is 0 Å². The van der Waals surface area contributed by atoms with Crippen LogP contribution in [-0.4, -0.2) is 9.55 Å². The highest BCUT2D eigenvalue weighted by atomic mass is 16.3. The van der Waals surface area contributed by atoms with Gasteiger partial charge >= 0.3 is 0 Å². The van der Waals surface area contributed by atoms with Gasteiger partial charge in [0.15, 0.2) is 0 Å². The van der Waals surface area contributed by atoms with Gasteiger partial charge in [-0.25, -0.2) is 4.98 Å². The molecule has 0 bridgehead atoms. The molecule has 0 atom stereocenters. The number of para-hydroxylation sites is 2. The van der Waals surface area contributed by atoms with Crippen molar-refractivity contribution in [2.75, 3.05) is 0 Å². The Hall–Kier alpha value is -4.11. The van der Waals surface area contributed by atoms with E-state index in [1.165, 1.54) is 27.8 Å². The van der Waals surface area contributed by atoms with Crippen molar-refractivity contribution in [3.05, 3.63) is 125 Å². The van der Waals surface area contributed by atoms with Crippen LogP contribution >= 0.6 is 0 Å². The number of nitrogens with zero attached hydrogens (tertiary/aromatic N) is 2. The molecular weight excluding hydrogens is 464 g/mol. The largest absolute Gasteiger partial charge is 0.464 e. The first-order chi connectivity index (χ1) is 18.5. The third-order valence-electron chi connectivity index (χ3n) is 7.59. The third-order valence-corrected chi connectivity index (χ3v) is 7.59. The van der Waals surface area contributed by atoms with E-state index in [1.54, 1.807) is 0 Å². The molecule has 0 aliphatic heterocycles. The van der Waals surface area contributed by atoms with E-state index in [1.807, 2.05) is 6.26 Å². The molecule has 0 aliphatic carbocycles. The van der Waals surface area contributed by atoms with Gasteiger partial charge in [0.25, 0.3) is 0 Å². The second-order valence-corrected chi connectivity index (χ2v) is 10.9. The van der Waals surface area contributed by atoms with Crippen molar-refractivity contribution in [3.8, 4) is 11.4 Å². The predicted molar refractivity (Wildman–Crippen MR) is 158 cm³/mol. The molecule has 0 saturated carbocycles. The number of hydrogen-bond donors (Lipinski definition) is 0. The Morgan fingerprint density at radius 1 is 0.737 bits per heavy atom. The predicted octanol–water partition coefficient (Wildman–Crippen LogP) is 9.34. The van der Waals surface area contributed by atoms with Crippen LogP contribution in [0.25, 0.3) is 33.4 Å². The van der Waals surface area contributed by atoms with E-state index < -0.39 is 0 Å².